The minimum Gasteiger partial charge on any atom is -0.456 e. The van der Waals surface area contributed by atoms with Gasteiger partial charge >= 0.3 is 0 Å². The molecule has 152 valence electrons. The number of hydrogen-bond acceptors (Lipinski definition) is 4. The van der Waals surface area contributed by atoms with E-state index in [1.807, 2.05) is 66.7 Å². The van der Waals surface area contributed by atoms with Crippen molar-refractivity contribution >= 4 is 55.3 Å². The van der Waals surface area contributed by atoms with Gasteiger partial charge in [-0.1, -0.05) is 36.4 Å². The van der Waals surface area contributed by atoms with Gasteiger partial charge in [-0.2, -0.15) is 0 Å². The number of nitrogens with one attached hydrogen (secondary N) is 1. The van der Waals surface area contributed by atoms with Crippen LogP contribution in [0.5, 0.6) is 0 Å². The number of anilines is 2. The summed E-state index contributed by atoms with van der Waals surface area (Å²) in [6.07, 6.45) is 0. The number of rotatable bonds is 3. The second-order valence-corrected chi connectivity index (χ2v) is 8.49. The van der Waals surface area contributed by atoms with Gasteiger partial charge in [0, 0.05) is 50.6 Å². The van der Waals surface area contributed by atoms with Crippen molar-refractivity contribution in [3.05, 3.63) is 84.4 Å². The number of aliphatic hydroxyl groups is 1. The Morgan fingerprint density at radius 1 is 0.645 bits per heavy atom. The van der Waals surface area contributed by atoms with E-state index in [2.05, 4.69) is 17.4 Å². The van der Waals surface area contributed by atoms with Gasteiger partial charge in [0.25, 0.3) is 0 Å². The summed E-state index contributed by atoms with van der Waals surface area (Å²) in [5, 5.41) is 18.6. The average molecular weight is 407 g/mol. The van der Waals surface area contributed by atoms with Crippen molar-refractivity contribution in [1.29, 1.82) is 0 Å². The van der Waals surface area contributed by atoms with E-state index in [0.29, 0.717) is 0 Å². The van der Waals surface area contributed by atoms with Crippen LogP contribution in [-0.4, -0.2) is 5.11 Å². The topological polar surface area (TPSA) is 58.5 Å². The van der Waals surface area contributed by atoms with Crippen molar-refractivity contribution in [1.82, 2.24) is 0 Å². The second-order valence-electron chi connectivity index (χ2n) is 8.49. The zero-order valence-corrected chi connectivity index (χ0v) is 17.3. The summed E-state index contributed by atoms with van der Waals surface area (Å²) in [4.78, 5) is 0. The van der Waals surface area contributed by atoms with E-state index in [0.717, 1.165) is 60.8 Å². The molecule has 0 aliphatic rings. The molecule has 0 bridgehead atoms. The van der Waals surface area contributed by atoms with Gasteiger partial charge in [-0.05, 0) is 44.2 Å². The zero-order valence-electron chi connectivity index (χ0n) is 17.3. The fraction of sp³-hybridized carbons (Fsp3) is 0.111. The Hall–Kier alpha value is -3.76. The van der Waals surface area contributed by atoms with Gasteiger partial charge < -0.3 is 19.3 Å². The molecule has 0 radical (unpaired) electrons. The van der Waals surface area contributed by atoms with Gasteiger partial charge in [-0.3, -0.25) is 0 Å². The van der Waals surface area contributed by atoms with Crippen molar-refractivity contribution in [2.75, 3.05) is 5.32 Å². The number of hydrogen-bond donors (Lipinski definition) is 2. The van der Waals surface area contributed by atoms with Gasteiger partial charge in [-0.15, -0.1) is 0 Å². The highest BCUT2D eigenvalue weighted by Gasteiger charge is 2.23. The highest BCUT2D eigenvalue weighted by atomic mass is 16.3. The molecule has 0 unspecified atom stereocenters. The Balaban J connectivity index is 1.51. The summed E-state index contributed by atoms with van der Waals surface area (Å²) in [5.41, 5.74) is 4.76. The lowest BCUT2D eigenvalue weighted by Gasteiger charge is -2.22. The summed E-state index contributed by atoms with van der Waals surface area (Å²) in [6.45, 7) is 3.59. The van der Waals surface area contributed by atoms with Crippen molar-refractivity contribution < 1.29 is 13.9 Å². The van der Waals surface area contributed by atoms with E-state index in [1.165, 1.54) is 0 Å². The maximum absolute atomic E-state index is 10.9. The molecule has 0 spiro atoms. The molecule has 0 atom stereocenters. The number of benzene rings is 4. The summed E-state index contributed by atoms with van der Waals surface area (Å²) in [7, 11) is 0. The minimum atomic E-state index is -1.03. The van der Waals surface area contributed by atoms with E-state index in [1.54, 1.807) is 13.8 Å². The molecule has 0 saturated carbocycles. The first-order valence-electron chi connectivity index (χ1n) is 10.3. The molecule has 31 heavy (non-hydrogen) atoms. The van der Waals surface area contributed by atoms with Crippen LogP contribution in [-0.2, 0) is 5.60 Å². The molecule has 0 saturated heterocycles. The van der Waals surface area contributed by atoms with Crippen LogP contribution in [0.3, 0.4) is 0 Å². The van der Waals surface area contributed by atoms with Crippen molar-refractivity contribution in [2.24, 2.45) is 0 Å². The van der Waals surface area contributed by atoms with Crippen LogP contribution in [0.4, 0.5) is 11.4 Å². The number of para-hydroxylation sites is 2. The van der Waals surface area contributed by atoms with Gasteiger partial charge in [0.15, 0.2) is 0 Å². The first-order chi connectivity index (χ1) is 15.0. The Labute approximate surface area is 178 Å². The Bertz CT molecular complexity index is 1600. The van der Waals surface area contributed by atoms with Crippen LogP contribution < -0.4 is 5.32 Å². The minimum absolute atomic E-state index is 0.779. The van der Waals surface area contributed by atoms with E-state index < -0.39 is 5.60 Å². The standard InChI is InChI=1S/C27H21NO3/c1-27(2,29)21-14-20-18-8-4-6-10-24(18)31-26(20)15-22(21)28-16-11-12-19-17-7-3-5-9-23(17)30-25(19)13-16/h3-15,28-29H,1-2H3. The van der Waals surface area contributed by atoms with Gasteiger partial charge in [0.1, 0.15) is 22.3 Å². The van der Waals surface area contributed by atoms with Crippen molar-refractivity contribution in [3.63, 3.8) is 0 Å². The van der Waals surface area contributed by atoms with Crippen LogP contribution in [0.2, 0.25) is 0 Å². The third-order valence-corrected chi connectivity index (χ3v) is 5.83. The highest BCUT2D eigenvalue weighted by Crippen LogP contribution is 2.39. The fourth-order valence-electron chi connectivity index (χ4n) is 4.34. The van der Waals surface area contributed by atoms with Crippen LogP contribution in [0.25, 0.3) is 43.9 Å². The third-order valence-electron chi connectivity index (χ3n) is 5.83. The van der Waals surface area contributed by atoms with Crippen LogP contribution in [0, 0.1) is 0 Å². The Kier molecular flexibility index (Phi) is 3.71. The lowest BCUT2D eigenvalue weighted by molar-refractivity contribution is 0.0795. The van der Waals surface area contributed by atoms with E-state index in [-0.39, 0.29) is 0 Å². The molecule has 2 aromatic heterocycles. The molecule has 4 aromatic carbocycles. The highest BCUT2D eigenvalue weighted by molar-refractivity contribution is 6.07. The molecule has 0 amide bonds. The average Bonchev–Trinajstić information content (AvgIpc) is 3.29. The molecular weight excluding hydrogens is 386 g/mol. The van der Waals surface area contributed by atoms with Gasteiger partial charge in [0.2, 0.25) is 0 Å². The summed E-state index contributed by atoms with van der Waals surface area (Å²) in [5.74, 6) is 0. The molecule has 0 aliphatic carbocycles. The van der Waals surface area contributed by atoms with Gasteiger partial charge in [-0.25, -0.2) is 0 Å². The molecule has 0 fully saturated rings. The lowest BCUT2D eigenvalue weighted by atomic mass is 9.94. The third kappa shape index (κ3) is 2.87. The van der Waals surface area contributed by atoms with E-state index in [9.17, 15) is 5.11 Å². The molecular formula is C27H21NO3. The summed E-state index contributed by atoms with van der Waals surface area (Å²) >= 11 is 0. The predicted octanol–water partition coefficient (Wildman–Crippen LogP) is 7.46. The largest absolute Gasteiger partial charge is 0.456 e. The van der Waals surface area contributed by atoms with Crippen LogP contribution in [0.1, 0.15) is 19.4 Å². The predicted molar refractivity (Wildman–Crippen MR) is 126 cm³/mol. The molecule has 6 rings (SSSR count). The van der Waals surface area contributed by atoms with Gasteiger partial charge in [0.05, 0.1) is 5.60 Å². The molecule has 4 nitrogen and oxygen atoms in total. The lowest BCUT2D eigenvalue weighted by Crippen LogP contribution is -2.17. The van der Waals surface area contributed by atoms with Crippen LogP contribution in [0.15, 0.2) is 87.7 Å². The van der Waals surface area contributed by atoms with E-state index >= 15 is 0 Å². The number of furan rings is 2. The quantitative estimate of drug-likeness (QED) is 0.320. The molecule has 2 N–H and O–H groups in total. The second kappa shape index (κ2) is 6.37. The Morgan fingerprint density at radius 3 is 1.90 bits per heavy atom. The van der Waals surface area contributed by atoms with E-state index in [4.69, 9.17) is 8.83 Å². The van der Waals surface area contributed by atoms with Crippen LogP contribution >= 0.6 is 0 Å². The normalized spacial score (nSPS) is 12.4. The maximum Gasteiger partial charge on any atom is 0.137 e. The maximum atomic E-state index is 10.9. The molecule has 0 aliphatic heterocycles. The SMILES string of the molecule is CC(C)(O)c1cc2c(cc1Nc1ccc3c(c1)oc1ccccc13)oc1ccccc12. The zero-order chi connectivity index (χ0) is 21.2. The smallest absolute Gasteiger partial charge is 0.137 e. The summed E-state index contributed by atoms with van der Waals surface area (Å²) < 4.78 is 12.1. The fourth-order valence-corrected chi connectivity index (χ4v) is 4.34. The summed E-state index contributed by atoms with van der Waals surface area (Å²) in [6, 6.07) is 26.1. The monoisotopic (exact) mass is 407 g/mol. The first kappa shape index (κ1) is 18.0. The first-order valence-corrected chi connectivity index (χ1v) is 10.3. The van der Waals surface area contributed by atoms with Crippen molar-refractivity contribution in [3.8, 4) is 0 Å². The molecule has 4 heteroatoms. The Morgan fingerprint density at radius 2 is 1.23 bits per heavy atom. The van der Waals surface area contributed by atoms with Crippen molar-refractivity contribution in [2.45, 2.75) is 19.4 Å². The molecule has 2 heterocycles. The number of fused-ring (bicyclic) bond motifs is 6. The molecule has 6 aromatic rings.